The number of halogens is 4. The molecule has 29 heavy (non-hydrogen) atoms. The summed E-state index contributed by atoms with van der Waals surface area (Å²) in [5, 5.41) is 7.73. The lowest BCUT2D eigenvalue weighted by Crippen LogP contribution is -2.33. The van der Waals surface area contributed by atoms with Gasteiger partial charge in [-0.2, -0.15) is 5.10 Å². The fourth-order valence-corrected chi connectivity index (χ4v) is 5.63. The van der Waals surface area contributed by atoms with Gasteiger partial charge in [0, 0.05) is 31.5 Å². The normalized spacial score (nSPS) is 20.0. The summed E-state index contributed by atoms with van der Waals surface area (Å²) >= 11 is 17.1. The van der Waals surface area contributed by atoms with Gasteiger partial charge in [-0.15, -0.1) is 0 Å². The van der Waals surface area contributed by atoms with Gasteiger partial charge in [-0.1, -0.05) is 67.7 Å². The fourth-order valence-electron chi connectivity index (χ4n) is 3.81. The molecule has 2 aliphatic heterocycles. The van der Waals surface area contributed by atoms with Crippen LogP contribution in [0.15, 0.2) is 79.2 Å². The molecule has 0 N–H and O–H groups in total. The van der Waals surface area contributed by atoms with Gasteiger partial charge in [-0.3, -0.25) is 0 Å². The Morgan fingerprint density at radius 2 is 1.76 bits per heavy atom. The Balaban J connectivity index is 1.63. The number of ether oxygens (including phenoxy) is 1. The van der Waals surface area contributed by atoms with Gasteiger partial charge in [0.1, 0.15) is 5.75 Å². The molecule has 2 atom stereocenters. The van der Waals surface area contributed by atoms with Gasteiger partial charge in [0.25, 0.3) is 0 Å². The van der Waals surface area contributed by atoms with Crippen molar-refractivity contribution in [2.75, 3.05) is 0 Å². The van der Waals surface area contributed by atoms with E-state index in [-0.39, 0.29) is 12.3 Å². The molecule has 0 aromatic heterocycles. The first-order valence-corrected chi connectivity index (χ1v) is 11.8. The Morgan fingerprint density at radius 1 is 0.966 bits per heavy atom. The van der Waals surface area contributed by atoms with E-state index < -0.39 is 0 Å². The average molecular weight is 598 g/mol. The predicted molar refractivity (Wildman–Crippen MR) is 127 cm³/mol. The molecule has 0 fully saturated rings. The Hall–Kier alpha value is -1.34. The van der Waals surface area contributed by atoms with Crippen LogP contribution in [0.1, 0.15) is 35.4 Å². The monoisotopic (exact) mass is 594 g/mol. The highest BCUT2D eigenvalue weighted by Crippen LogP contribution is 2.51. The molecule has 5 rings (SSSR count). The lowest BCUT2D eigenvalue weighted by molar-refractivity contribution is -0.0197. The summed E-state index contributed by atoms with van der Waals surface area (Å²) in [4.78, 5) is 0. The van der Waals surface area contributed by atoms with E-state index in [0.29, 0.717) is 5.02 Å². The summed E-state index contributed by atoms with van der Waals surface area (Å²) < 4.78 is 9.44. The Morgan fingerprint density at radius 3 is 2.52 bits per heavy atom. The number of nitrogens with zero attached hydrogens (tertiary/aromatic N) is 2. The number of fused-ring (bicyclic) bond motifs is 3. The molecule has 0 unspecified atom stereocenters. The molecule has 2 aliphatic rings. The topological polar surface area (TPSA) is 24.8 Å². The minimum Gasteiger partial charge on any atom is -0.463 e. The van der Waals surface area contributed by atoms with Crippen LogP contribution in [-0.2, 0) is 0 Å². The van der Waals surface area contributed by atoms with E-state index >= 15 is 0 Å². The molecule has 7 heteroatoms. The summed E-state index contributed by atoms with van der Waals surface area (Å²) in [5.74, 6) is 0.853. The molecule has 0 radical (unpaired) electrons. The summed E-state index contributed by atoms with van der Waals surface area (Å²) in [6, 6.07) is 20.2. The van der Waals surface area contributed by atoms with Crippen molar-refractivity contribution in [1.29, 1.82) is 0 Å². The van der Waals surface area contributed by atoms with Crippen LogP contribution in [0, 0.1) is 0 Å². The maximum atomic E-state index is 6.46. The van der Waals surface area contributed by atoms with Crippen LogP contribution in [0.25, 0.3) is 0 Å². The molecule has 0 amide bonds. The summed E-state index contributed by atoms with van der Waals surface area (Å²) in [7, 11) is 0. The van der Waals surface area contributed by atoms with Crippen molar-refractivity contribution in [2.45, 2.75) is 18.7 Å². The Kier molecular flexibility index (Phi) is 5.23. The van der Waals surface area contributed by atoms with Crippen LogP contribution >= 0.6 is 59.4 Å². The molecule has 3 nitrogen and oxygen atoms in total. The van der Waals surface area contributed by atoms with Crippen LogP contribution in [-0.4, -0.2) is 10.7 Å². The average Bonchev–Trinajstić information content (AvgIpc) is 3.14. The van der Waals surface area contributed by atoms with Crippen LogP contribution in [0.3, 0.4) is 0 Å². The molecule has 3 aromatic rings. The van der Waals surface area contributed by atoms with E-state index in [2.05, 4.69) is 71.0 Å². The highest BCUT2D eigenvalue weighted by molar-refractivity contribution is 9.11. The van der Waals surface area contributed by atoms with Crippen molar-refractivity contribution in [3.8, 4) is 5.75 Å². The largest absolute Gasteiger partial charge is 0.463 e. The molecular formula is C22H14Br3ClN2O. The van der Waals surface area contributed by atoms with Gasteiger partial charge in [0.2, 0.25) is 6.23 Å². The first-order chi connectivity index (χ1) is 14.0. The fraction of sp³-hybridized carbons (Fsp3) is 0.136. The van der Waals surface area contributed by atoms with Gasteiger partial charge >= 0.3 is 0 Å². The second-order valence-electron chi connectivity index (χ2n) is 6.98. The van der Waals surface area contributed by atoms with Crippen molar-refractivity contribution in [3.63, 3.8) is 0 Å². The smallest absolute Gasteiger partial charge is 0.213 e. The van der Waals surface area contributed by atoms with Crippen molar-refractivity contribution in [1.82, 2.24) is 5.01 Å². The van der Waals surface area contributed by atoms with E-state index in [1.165, 1.54) is 0 Å². The molecule has 0 aliphatic carbocycles. The molecular weight excluding hydrogens is 583 g/mol. The maximum absolute atomic E-state index is 6.46. The van der Waals surface area contributed by atoms with Crippen LogP contribution in [0.4, 0.5) is 0 Å². The second kappa shape index (κ2) is 7.73. The van der Waals surface area contributed by atoms with E-state index in [1.54, 1.807) is 0 Å². The van der Waals surface area contributed by atoms with E-state index in [9.17, 15) is 0 Å². The van der Waals surface area contributed by atoms with Crippen LogP contribution in [0.2, 0.25) is 5.02 Å². The molecule has 3 aromatic carbocycles. The summed E-state index contributed by atoms with van der Waals surface area (Å²) in [6.45, 7) is 0. The zero-order valence-electron chi connectivity index (χ0n) is 14.9. The van der Waals surface area contributed by atoms with Crippen LogP contribution in [0.5, 0.6) is 5.75 Å². The number of benzene rings is 3. The molecule has 0 bridgehead atoms. The molecule has 0 saturated carbocycles. The molecule has 0 saturated heterocycles. The Bertz CT molecular complexity index is 1130. The molecule has 2 heterocycles. The number of hydrogen-bond acceptors (Lipinski definition) is 3. The summed E-state index contributed by atoms with van der Waals surface area (Å²) in [6.07, 6.45) is 0.453. The first-order valence-electron chi connectivity index (χ1n) is 9.02. The predicted octanol–water partition coefficient (Wildman–Crippen LogP) is 7.87. The Labute approximate surface area is 199 Å². The number of hydrazone groups is 1. The van der Waals surface area contributed by atoms with Crippen molar-refractivity contribution in [2.24, 2.45) is 5.10 Å². The lowest BCUT2D eigenvalue weighted by atomic mass is 9.96. The standard InChI is InChI=1S/C22H14Br3ClN2O/c23-14-6-4-12(5-7-14)19-11-20-17-9-15(24)10-18(25)21(17)29-22(28(20)27-19)13-2-1-3-16(26)8-13/h1-10,20,22H,11H2/t20-,22-/m0/s1. The highest BCUT2D eigenvalue weighted by Gasteiger charge is 2.42. The summed E-state index contributed by atoms with van der Waals surface area (Å²) in [5.41, 5.74) is 4.24. The van der Waals surface area contributed by atoms with Crippen LogP contribution < -0.4 is 4.74 Å². The maximum Gasteiger partial charge on any atom is 0.213 e. The van der Waals surface area contributed by atoms with Gasteiger partial charge in [0.05, 0.1) is 16.2 Å². The molecule has 0 spiro atoms. The SMILES string of the molecule is Clc1cccc([C@@H]2Oc3c(Br)cc(Br)cc3[C@@H]3CC(c4ccc(Br)cc4)=NN32)c1. The molecule has 146 valence electrons. The van der Waals surface area contributed by atoms with Crippen molar-refractivity contribution < 1.29 is 4.74 Å². The van der Waals surface area contributed by atoms with Gasteiger partial charge in [-0.25, -0.2) is 5.01 Å². The minimum atomic E-state index is -0.350. The zero-order chi connectivity index (χ0) is 20.1. The number of rotatable bonds is 2. The quantitative estimate of drug-likeness (QED) is 0.301. The van der Waals surface area contributed by atoms with E-state index in [0.717, 1.165) is 48.0 Å². The second-order valence-corrected chi connectivity index (χ2v) is 10.1. The lowest BCUT2D eigenvalue weighted by Gasteiger charge is -2.38. The van der Waals surface area contributed by atoms with Gasteiger partial charge in [0.15, 0.2) is 0 Å². The highest BCUT2D eigenvalue weighted by atomic mass is 79.9. The number of hydrogen-bond donors (Lipinski definition) is 0. The van der Waals surface area contributed by atoms with E-state index in [1.807, 2.05) is 42.5 Å². The zero-order valence-corrected chi connectivity index (χ0v) is 20.5. The third kappa shape index (κ3) is 3.65. The minimum absolute atomic E-state index is 0.0789. The van der Waals surface area contributed by atoms with Crippen molar-refractivity contribution >= 4 is 65.1 Å². The van der Waals surface area contributed by atoms with Gasteiger partial charge < -0.3 is 4.74 Å². The first kappa shape index (κ1) is 19.6. The third-order valence-corrected chi connectivity index (χ3v) is 6.93. The van der Waals surface area contributed by atoms with Gasteiger partial charge in [-0.05, 0) is 57.9 Å². The van der Waals surface area contributed by atoms with E-state index in [4.69, 9.17) is 21.4 Å². The van der Waals surface area contributed by atoms with Crippen molar-refractivity contribution in [3.05, 3.63) is 95.8 Å². The third-order valence-electron chi connectivity index (χ3n) is 5.12.